The quantitative estimate of drug-likeness (QED) is 0.800. The molecule has 0 aromatic carbocycles. The first-order chi connectivity index (χ1) is 8.72. The van der Waals surface area contributed by atoms with E-state index in [1.807, 2.05) is 14.1 Å². The molecular formula is C11H18N6S. The van der Waals surface area contributed by atoms with E-state index in [-0.39, 0.29) is 5.54 Å². The van der Waals surface area contributed by atoms with Crippen LogP contribution in [0.3, 0.4) is 0 Å². The van der Waals surface area contributed by atoms with Crippen molar-refractivity contribution in [3.8, 4) is 6.07 Å². The summed E-state index contributed by atoms with van der Waals surface area (Å²) in [6.45, 7) is 0. The lowest BCUT2D eigenvalue weighted by Gasteiger charge is -2.27. The number of nitrogens with one attached hydrogen (secondary N) is 1. The van der Waals surface area contributed by atoms with Crippen LogP contribution >= 0.6 is 11.8 Å². The van der Waals surface area contributed by atoms with E-state index in [9.17, 15) is 5.26 Å². The molecule has 2 unspecified atom stereocenters. The molecule has 98 valence electrons. The summed E-state index contributed by atoms with van der Waals surface area (Å²) in [6.07, 6.45) is 4.24. The van der Waals surface area contributed by atoms with Gasteiger partial charge in [0.05, 0.1) is 6.07 Å². The van der Waals surface area contributed by atoms with Crippen LogP contribution in [0, 0.1) is 17.2 Å². The predicted octanol–water partition coefficient (Wildman–Crippen LogP) is 0.974. The van der Waals surface area contributed by atoms with Gasteiger partial charge in [0.25, 0.3) is 0 Å². The zero-order chi connectivity index (χ0) is 13.0. The minimum Gasteiger partial charge on any atom is -0.302 e. The summed E-state index contributed by atoms with van der Waals surface area (Å²) in [4.78, 5) is 0. The lowest BCUT2D eigenvalue weighted by atomic mass is 9.87. The van der Waals surface area contributed by atoms with Crippen molar-refractivity contribution in [1.29, 1.82) is 5.26 Å². The molecule has 1 saturated carbocycles. The van der Waals surface area contributed by atoms with Gasteiger partial charge in [-0.2, -0.15) is 5.26 Å². The van der Waals surface area contributed by atoms with Crippen LogP contribution in [0.5, 0.6) is 0 Å². The molecule has 6 nitrogen and oxygen atoms in total. The fraction of sp³-hybridized carbons (Fsp3) is 0.818. The van der Waals surface area contributed by atoms with Gasteiger partial charge < -0.3 is 5.32 Å². The van der Waals surface area contributed by atoms with Crippen molar-refractivity contribution < 1.29 is 0 Å². The van der Waals surface area contributed by atoms with Crippen molar-refractivity contribution in [2.75, 3.05) is 12.8 Å². The molecule has 1 aromatic heterocycles. The lowest BCUT2D eigenvalue weighted by Crippen LogP contribution is -2.44. The van der Waals surface area contributed by atoms with Gasteiger partial charge in [0.2, 0.25) is 5.16 Å². The van der Waals surface area contributed by atoms with Gasteiger partial charge in [-0.05, 0) is 42.7 Å². The molecule has 0 aliphatic heterocycles. The summed E-state index contributed by atoms with van der Waals surface area (Å²) in [7, 11) is 3.73. The van der Waals surface area contributed by atoms with Gasteiger partial charge in [-0.15, -0.1) is 5.10 Å². The number of thioether (sulfide) groups is 1. The van der Waals surface area contributed by atoms with Gasteiger partial charge in [-0.25, -0.2) is 4.68 Å². The average Bonchev–Trinajstić information content (AvgIpc) is 2.97. The second-order valence-electron chi connectivity index (χ2n) is 4.64. The van der Waals surface area contributed by atoms with Crippen LogP contribution < -0.4 is 5.32 Å². The predicted molar refractivity (Wildman–Crippen MR) is 68.9 cm³/mol. The maximum absolute atomic E-state index is 9.36. The second-order valence-corrected chi connectivity index (χ2v) is 5.71. The first-order valence-corrected chi connectivity index (χ1v) is 7.16. The summed E-state index contributed by atoms with van der Waals surface area (Å²) >= 11 is 1.65. The normalized spacial score (nSPS) is 27.3. The minimum absolute atomic E-state index is 0.321. The molecule has 1 aromatic rings. The van der Waals surface area contributed by atoms with Crippen LogP contribution in [0.2, 0.25) is 0 Å². The molecule has 1 aliphatic rings. The molecule has 0 spiro atoms. The van der Waals surface area contributed by atoms with Gasteiger partial charge in [0.1, 0.15) is 5.54 Å². The van der Waals surface area contributed by atoms with Crippen LogP contribution in [0.4, 0.5) is 0 Å². The van der Waals surface area contributed by atoms with Gasteiger partial charge in [-0.1, -0.05) is 18.2 Å². The number of tetrazole rings is 1. The van der Waals surface area contributed by atoms with E-state index in [1.165, 1.54) is 0 Å². The maximum Gasteiger partial charge on any atom is 0.209 e. The summed E-state index contributed by atoms with van der Waals surface area (Å²) in [5, 5.41) is 24.8. The van der Waals surface area contributed by atoms with Gasteiger partial charge >= 0.3 is 0 Å². The van der Waals surface area contributed by atoms with Crippen molar-refractivity contribution in [3.63, 3.8) is 0 Å². The highest BCUT2D eigenvalue weighted by Gasteiger charge is 2.41. The molecule has 0 bridgehead atoms. The molecule has 2 rings (SSSR count). The fourth-order valence-corrected chi connectivity index (χ4v) is 3.54. The highest BCUT2D eigenvalue weighted by molar-refractivity contribution is 7.99. The largest absolute Gasteiger partial charge is 0.302 e. The van der Waals surface area contributed by atoms with Crippen molar-refractivity contribution in [2.24, 2.45) is 13.0 Å². The standard InChI is InChI=1S/C11H18N6S/c1-13-11(8-12)6-3-4-9(11)5-7-18-10-14-15-16-17(10)2/h9,13H,3-7H2,1-2H3. The van der Waals surface area contributed by atoms with Crippen molar-refractivity contribution in [3.05, 3.63) is 0 Å². The van der Waals surface area contributed by atoms with Crippen LogP contribution in [0.15, 0.2) is 5.16 Å². The van der Waals surface area contributed by atoms with Crippen LogP contribution in [0.25, 0.3) is 0 Å². The van der Waals surface area contributed by atoms with E-state index in [2.05, 4.69) is 26.9 Å². The maximum atomic E-state index is 9.36. The van der Waals surface area contributed by atoms with Crippen LogP contribution in [-0.2, 0) is 7.05 Å². The van der Waals surface area contributed by atoms with Crippen molar-refractivity contribution in [1.82, 2.24) is 25.5 Å². The fourth-order valence-electron chi connectivity index (χ4n) is 2.64. The first kappa shape index (κ1) is 13.3. The third kappa shape index (κ3) is 2.49. The summed E-state index contributed by atoms with van der Waals surface area (Å²) in [5.41, 5.74) is -0.321. The Morgan fingerprint density at radius 2 is 2.50 bits per heavy atom. The van der Waals surface area contributed by atoms with E-state index < -0.39 is 0 Å². The number of rotatable bonds is 5. The topological polar surface area (TPSA) is 79.4 Å². The molecular weight excluding hydrogens is 248 g/mol. The first-order valence-electron chi connectivity index (χ1n) is 6.17. The lowest BCUT2D eigenvalue weighted by molar-refractivity contribution is 0.332. The Hall–Kier alpha value is -1.13. The Bertz CT molecular complexity index is 439. The van der Waals surface area contributed by atoms with Crippen LogP contribution in [0.1, 0.15) is 25.7 Å². The third-order valence-electron chi connectivity index (χ3n) is 3.74. The minimum atomic E-state index is -0.321. The molecule has 0 amide bonds. The molecule has 1 fully saturated rings. The van der Waals surface area contributed by atoms with Crippen molar-refractivity contribution >= 4 is 11.8 Å². The Balaban J connectivity index is 1.87. The number of nitriles is 1. The highest BCUT2D eigenvalue weighted by Crippen LogP contribution is 2.38. The Morgan fingerprint density at radius 3 is 3.11 bits per heavy atom. The molecule has 1 heterocycles. The number of hydrogen-bond acceptors (Lipinski definition) is 6. The van der Waals surface area contributed by atoms with Gasteiger partial charge in [-0.3, -0.25) is 0 Å². The number of hydrogen-bond donors (Lipinski definition) is 1. The van der Waals surface area contributed by atoms with Crippen molar-refractivity contribution in [2.45, 2.75) is 36.4 Å². The van der Waals surface area contributed by atoms with E-state index in [0.29, 0.717) is 5.92 Å². The average molecular weight is 266 g/mol. The van der Waals surface area contributed by atoms with E-state index >= 15 is 0 Å². The van der Waals surface area contributed by atoms with E-state index in [0.717, 1.165) is 36.6 Å². The van der Waals surface area contributed by atoms with Gasteiger partial charge in [0.15, 0.2) is 0 Å². The van der Waals surface area contributed by atoms with Crippen LogP contribution in [-0.4, -0.2) is 38.5 Å². The number of nitrogens with zero attached hydrogens (tertiary/aromatic N) is 5. The van der Waals surface area contributed by atoms with E-state index in [1.54, 1.807) is 16.4 Å². The highest BCUT2D eigenvalue weighted by atomic mass is 32.2. The Kier molecular flexibility index (Phi) is 4.19. The third-order valence-corrected chi connectivity index (χ3v) is 4.79. The Morgan fingerprint density at radius 1 is 1.67 bits per heavy atom. The molecule has 1 N–H and O–H groups in total. The molecule has 18 heavy (non-hydrogen) atoms. The molecule has 7 heteroatoms. The second kappa shape index (κ2) is 5.67. The zero-order valence-electron chi connectivity index (χ0n) is 10.8. The molecule has 0 radical (unpaired) electrons. The van der Waals surface area contributed by atoms with Gasteiger partial charge in [0, 0.05) is 12.8 Å². The molecule has 0 saturated heterocycles. The Labute approximate surface area is 111 Å². The zero-order valence-corrected chi connectivity index (χ0v) is 11.6. The molecule has 1 aliphatic carbocycles. The SMILES string of the molecule is CNC1(C#N)CCCC1CCSc1nnnn1C. The molecule has 2 atom stereocenters. The number of aromatic nitrogens is 4. The van der Waals surface area contributed by atoms with E-state index in [4.69, 9.17) is 0 Å². The monoisotopic (exact) mass is 266 g/mol. The number of aryl methyl sites for hydroxylation is 1. The summed E-state index contributed by atoms with van der Waals surface area (Å²) < 4.78 is 1.68. The smallest absolute Gasteiger partial charge is 0.209 e. The summed E-state index contributed by atoms with van der Waals surface area (Å²) in [5.74, 6) is 1.38. The summed E-state index contributed by atoms with van der Waals surface area (Å²) in [6, 6.07) is 2.47.